The molecule has 1 aliphatic rings. The van der Waals surface area contributed by atoms with Crippen LogP contribution in [0.4, 0.5) is 0 Å². The van der Waals surface area contributed by atoms with Gasteiger partial charge in [0.05, 0.1) is 14.6 Å². The van der Waals surface area contributed by atoms with Gasteiger partial charge in [0, 0.05) is 13.1 Å². The summed E-state index contributed by atoms with van der Waals surface area (Å²) < 4.78 is 0.556. The van der Waals surface area contributed by atoms with E-state index in [0.717, 1.165) is 0 Å². The van der Waals surface area contributed by atoms with Gasteiger partial charge in [-0.1, -0.05) is 17.7 Å². The highest BCUT2D eigenvalue weighted by molar-refractivity contribution is 7.17. The first-order valence-corrected chi connectivity index (χ1v) is 7.57. The van der Waals surface area contributed by atoms with Gasteiger partial charge in [-0.05, 0) is 31.4 Å². The minimum atomic E-state index is -0.906. The molecular weight excluding hydrogens is 298 g/mol. The number of carbonyl (C=O) groups is 2. The predicted molar refractivity (Wildman–Crippen MR) is 79.3 cm³/mol. The Kier molecular flexibility index (Phi) is 4.50. The maximum atomic E-state index is 12.4. The van der Waals surface area contributed by atoms with E-state index < -0.39 is 11.4 Å². The number of allylic oxidation sites excluding steroid dienone is 1. The summed E-state index contributed by atoms with van der Waals surface area (Å²) in [4.78, 5) is 26.1. The van der Waals surface area contributed by atoms with Crippen LogP contribution in [0.3, 0.4) is 0 Å². The molecule has 20 heavy (non-hydrogen) atoms. The van der Waals surface area contributed by atoms with E-state index in [1.54, 1.807) is 23.1 Å². The monoisotopic (exact) mass is 313 g/mol. The predicted octanol–water partition coefficient (Wildman–Crippen LogP) is 3.28. The van der Waals surface area contributed by atoms with Crippen molar-refractivity contribution in [1.82, 2.24) is 4.90 Å². The highest BCUT2D eigenvalue weighted by atomic mass is 35.5. The Morgan fingerprint density at radius 1 is 1.55 bits per heavy atom. The molecule has 4 nitrogen and oxygen atoms in total. The lowest BCUT2D eigenvalue weighted by Crippen LogP contribution is -2.49. The summed E-state index contributed by atoms with van der Waals surface area (Å²) in [5.41, 5.74) is -0.906. The maximum absolute atomic E-state index is 12.4. The van der Waals surface area contributed by atoms with Gasteiger partial charge in [-0.3, -0.25) is 9.59 Å². The second-order valence-electron chi connectivity index (χ2n) is 5.01. The van der Waals surface area contributed by atoms with Gasteiger partial charge in [0.15, 0.2) is 0 Å². The summed E-state index contributed by atoms with van der Waals surface area (Å²) in [6.45, 7) is 4.44. The van der Waals surface area contributed by atoms with Gasteiger partial charge in [-0.15, -0.1) is 17.9 Å². The number of hydrogen-bond donors (Lipinski definition) is 1. The summed E-state index contributed by atoms with van der Waals surface area (Å²) in [5.74, 6) is -1.00. The molecule has 1 N–H and O–H groups in total. The van der Waals surface area contributed by atoms with Crippen molar-refractivity contribution in [3.63, 3.8) is 0 Å². The van der Waals surface area contributed by atoms with Crippen molar-refractivity contribution >= 4 is 34.8 Å². The summed E-state index contributed by atoms with van der Waals surface area (Å²) >= 11 is 7.06. The normalized spacial score (nSPS) is 22.6. The Hall–Kier alpha value is -1.33. The van der Waals surface area contributed by atoms with Crippen molar-refractivity contribution < 1.29 is 14.7 Å². The number of piperidine rings is 1. The van der Waals surface area contributed by atoms with Crippen molar-refractivity contribution in [1.29, 1.82) is 0 Å². The standard InChI is InChI=1S/C14H16ClNO3S/c1-2-6-14(13(18)19)7-3-8-16(9-14)12(17)10-4-5-11(15)20-10/h2,4-5H,1,3,6-9H2,(H,18,19)/t14-/m0/s1. The van der Waals surface area contributed by atoms with Gasteiger partial charge in [-0.2, -0.15) is 0 Å². The van der Waals surface area contributed by atoms with Crippen LogP contribution in [-0.2, 0) is 4.79 Å². The number of halogens is 1. The number of amides is 1. The molecule has 1 aliphatic heterocycles. The van der Waals surface area contributed by atoms with Crippen molar-refractivity contribution in [3.05, 3.63) is 34.0 Å². The molecule has 0 saturated carbocycles. The van der Waals surface area contributed by atoms with E-state index in [9.17, 15) is 14.7 Å². The van der Waals surface area contributed by atoms with Gasteiger partial charge in [-0.25, -0.2) is 0 Å². The van der Waals surface area contributed by atoms with E-state index in [1.165, 1.54) is 11.3 Å². The van der Waals surface area contributed by atoms with Crippen LogP contribution in [0.25, 0.3) is 0 Å². The first-order valence-electron chi connectivity index (χ1n) is 6.37. The first kappa shape index (κ1) is 15.1. The largest absolute Gasteiger partial charge is 0.481 e. The zero-order valence-corrected chi connectivity index (χ0v) is 12.5. The van der Waals surface area contributed by atoms with E-state index in [0.29, 0.717) is 35.0 Å². The Morgan fingerprint density at radius 3 is 2.85 bits per heavy atom. The van der Waals surface area contributed by atoms with Crippen molar-refractivity contribution in [2.75, 3.05) is 13.1 Å². The molecule has 0 bridgehead atoms. The quantitative estimate of drug-likeness (QED) is 0.868. The van der Waals surface area contributed by atoms with Crippen LogP contribution in [0.1, 0.15) is 28.9 Å². The molecule has 0 radical (unpaired) electrons. The lowest BCUT2D eigenvalue weighted by Gasteiger charge is -2.39. The number of aliphatic carboxylic acids is 1. The molecule has 1 atom stereocenters. The fourth-order valence-corrected chi connectivity index (χ4v) is 3.61. The topological polar surface area (TPSA) is 57.6 Å². The minimum absolute atomic E-state index is 0.142. The van der Waals surface area contributed by atoms with Gasteiger partial charge in [0.25, 0.3) is 5.91 Å². The molecule has 6 heteroatoms. The van der Waals surface area contributed by atoms with Gasteiger partial charge < -0.3 is 10.0 Å². The Balaban J connectivity index is 2.19. The lowest BCUT2D eigenvalue weighted by atomic mass is 9.77. The second kappa shape index (κ2) is 5.97. The number of rotatable bonds is 4. The molecule has 1 saturated heterocycles. The van der Waals surface area contributed by atoms with Crippen LogP contribution in [0.5, 0.6) is 0 Å². The van der Waals surface area contributed by atoms with Gasteiger partial charge in [0.2, 0.25) is 0 Å². The summed E-state index contributed by atoms with van der Waals surface area (Å²) in [7, 11) is 0. The second-order valence-corrected chi connectivity index (χ2v) is 6.73. The van der Waals surface area contributed by atoms with Gasteiger partial charge in [0.1, 0.15) is 0 Å². The SMILES string of the molecule is C=CC[C@]1(C(=O)O)CCCN(C(=O)c2ccc(Cl)s2)C1. The van der Waals surface area contributed by atoms with Crippen LogP contribution in [0, 0.1) is 5.41 Å². The van der Waals surface area contributed by atoms with E-state index in [1.807, 2.05) is 0 Å². The highest BCUT2D eigenvalue weighted by Gasteiger charge is 2.42. The molecule has 108 valence electrons. The third-order valence-electron chi connectivity index (χ3n) is 3.64. The Labute approximate surface area is 126 Å². The highest BCUT2D eigenvalue weighted by Crippen LogP contribution is 2.35. The molecule has 1 aromatic heterocycles. The van der Waals surface area contributed by atoms with E-state index in [2.05, 4.69) is 6.58 Å². The number of nitrogens with zero attached hydrogens (tertiary/aromatic N) is 1. The maximum Gasteiger partial charge on any atom is 0.311 e. The minimum Gasteiger partial charge on any atom is -0.481 e. The van der Waals surface area contributed by atoms with Crippen LogP contribution in [0.2, 0.25) is 4.34 Å². The van der Waals surface area contributed by atoms with Crippen LogP contribution < -0.4 is 0 Å². The van der Waals surface area contributed by atoms with Crippen molar-refractivity contribution in [2.45, 2.75) is 19.3 Å². The summed E-state index contributed by atoms with van der Waals surface area (Å²) in [5, 5.41) is 9.49. The molecule has 0 spiro atoms. The number of carboxylic acids is 1. The molecule has 1 amide bonds. The summed E-state index contributed by atoms with van der Waals surface area (Å²) in [6.07, 6.45) is 3.25. The molecule has 2 heterocycles. The molecular formula is C14H16ClNO3S. The summed E-state index contributed by atoms with van der Waals surface area (Å²) in [6, 6.07) is 3.36. The van der Waals surface area contributed by atoms with E-state index in [-0.39, 0.29) is 12.5 Å². The first-order chi connectivity index (χ1) is 9.48. The van der Waals surface area contributed by atoms with Crippen molar-refractivity contribution in [2.24, 2.45) is 5.41 Å². The fraction of sp³-hybridized carbons (Fsp3) is 0.429. The number of carboxylic acid groups (broad SMARTS) is 1. The van der Waals surface area contributed by atoms with Crippen molar-refractivity contribution in [3.8, 4) is 0 Å². The number of carbonyl (C=O) groups excluding carboxylic acids is 1. The third kappa shape index (κ3) is 2.88. The smallest absolute Gasteiger partial charge is 0.311 e. The number of thiophene rings is 1. The lowest BCUT2D eigenvalue weighted by molar-refractivity contribution is -0.151. The molecule has 0 aromatic carbocycles. The number of likely N-dealkylation sites (tertiary alicyclic amines) is 1. The fourth-order valence-electron chi connectivity index (χ4n) is 2.59. The Morgan fingerprint density at radius 2 is 2.30 bits per heavy atom. The van der Waals surface area contributed by atoms with E-state index in [4.69, 9.17) is 11.6 Å². The van der Waals surface area contributed by atoms with Crippen LogP contribution in [-0.4, -0.2) is 35.0 Å². The molecule has 1 aromatic rings. The van der Waals surface area contributed by atoms with Crippen LogP contribution >= 0.6 is 22.9 Å². The molecule has 0 aliphatic carbocycles. The molecule has 0 unspecified atom stereocenters. The van der Waals surface area contributed by atoms with E-state index >= 15 is 0 Å². The zero-order chi connectivity index (χ0) is 14.8. The average Bonchev–Trinajstić information content (AvgIpc) is 2.85. The van der Waals surface area contributed by atoms with Crippen LogP contribution in [0.15, 0.2) is 24.8 Å². The average molecular weight is 314 g/mol. The molecule has 1 fully saturated rings. The van der Waals surface area contributed by atoms with Gasteiger partial charge >= 0.3 is 5.97 Å². The molecule has 2 rings (SSSR count). The number of hydrogen-bond acceptors (Lipinski definition) is 3. The Bertz CT molecular complexity index is 542. The zero-order valence-electron chi connectivity index (χ0n) is 11.0. The third-order valence-corrected chi connectivity index (χ3v) is 4.86.